The molecule has 0 saturated carbocycles. The maximum atomic E-state index is 11.9. The predicted molar refractivity (Wildman–Crippen MR) is 69.1 cm³/mol. The van der Waals surface area contributed by atoms with E-state index in [9.17, 15) is 8.42 Å². The zero-order chi connectivity index (χ0) is 13.3. The molecule has 0 aliphatic heterocycles. The molecule has 0 radical (unpaired) electrons. The molecule has 0 heterocycles. The third-order valence-electron chi connectivity index (χ3n) is 2.47. The van der Waals surface area contributed by atoms with Gasteiger partial charge in [0.25, 0.3) is 10.0 Å². The molecule has 7 nitrogen and oxygen atoms in total. The van der Waals surface area contributed by atoms with E-state index in [1.165, 1.54) is 0 Å². The Labute approximate surface area is 103 Å². The number of azide groups is 1. The summed E-state index contributed by atoms with van der Waals surface area (Å²) in [4.78, 5) is 2.05. The fourth-order valence-corrected chi connectivity index (χ4v) is 2.76. The maximum absolute atomic E-state index is 11.9. The van der Waals surface area contributed by atoms with Gasteiger partial charge in [0.1, 0.15) is 4.90 Å². The highest BCUT2D eigenvalue weighted by Gasteiger charge is 2.21. The van der Waals surface area contributed by atoms with Crippen molar-refractivity contribution in [1.29, 1.82) is 0 Å². The molecule has 2 rings (SSSR count). The molecule has 18 heavy (non-hydrogen) atoms. The molecule has 0 spiro atoms. The fourth-order valence-electron chi connectivity index (χ4n) is 1.72. The minimum absolute atomic E-state index is 0.110. The number of sulfonamides is 1. The summed E-state index contributed by atoms with van der Waals surface area (Å²) in [5.74, 6) is 0. The summed E-state index contributed by atoms with van der Waals surface area (Å²) in [6.07, 6.45) is 0. The molecular weight excluding hydrogens is 254 g/mol. The van der Waals surface area contributed by atoms with E-state index in [0.717, 1.165) is 0 Å². The minimum Gasteiger partial charge on any atom is -0.397 e. The normalized spacial score (nSPS) is 11.1. The Morgan fingerprint density at radius 1 is 1.22 bits per heavy atom. The van der Waals surface area contributed by atoms with E-state index in [-0.39, 0.29) is 16.3 Å². The van der Waals surface area contributed by atoms with Crippen LogP contribution in [0.15, 0.2) is 39.7 Å². The molecule has 0 aromatic heterocycles. The molecule has 2 aromatic carbocycles. The van der Waals surface area contributed by atoms with Gasteiger partial charge in [-0.1, -0.05) is 24.3 Å². The average molecular weight is 263 g/mol. The molecule has 0 aliphatic rings. The zero-order valence-electron chi connectivity index (χ0n) is 9.11. The van der Waals surface area contributed by atoms with Gasteiger partial charge in [0, 0.05) is 14.8 Å². The molecule has 8 heteroatoms. The number of nitrogens with zero attached hydrogens (tertiary/aromatic N) is 3. The molecule has 0 bridgehead atoms. The van der Waals surface area contributed by atoms with E-state index < -0.39 is 10.0 Å². The first kappa shape index (κ1) is 12.0. The van der Waals surface area contributed by atoms with Gasteiger partial charge in [-0.15, -0.1) is 0 Å². The Kier molecular flexibility index (Phi) is 2.74. The molecule has 0 fully saturated rings. The molecule has 92 valence electrons. The van der Waals surface area contributed by atoms with Gasteiger partial charge in [-0.05, 0) is 17.0 Å². The summed E-state index contributed by atoms with van der Waals surface area (Å²) in [5, 5.41) is 0.979. The lowest BCUT2D eigenvalue weighted by atomic mass is 10.1. The van der Waals surface area contributed by atoms with Crippen LogP contribution in [-0.4, -0.2) is 8.42 Å². The highest BCUT2D eigenvalue weighted by atomic mass is 32.2. The van der Waals surface area contributed by atoms with Gasteiger partial charge in [0.2, 0.25) is 0 Å². The lowest BCUT2D eigenvalue weighted by Gasteiger charge is -2.10. The van der Waals surface area contributed by atoms with Crippen LogP contribution in [0.2, 0.25) is 0 Å². The summed E-state index contributed by atoms with van der Waals surface area (Å²) in [6, 6.07) is 8.24. The van der Waals surface area contributed by atoms with E-state index in [1.54, 1.807) is 30.3 Å². The van der Waals surface area contributed by atoms with Crippen molar-refractivity contribution < 1.29 is 8.42 Å². The van der Waals surface area contributed by atoms with Crippen molar-refractivity contribution >= 4 is 32.2 Å². The number of hydrogen-bond acceptors (Lipinski definition) is 4. The Morgan fingerprint density at radius 3 is 2.56 bits per heavy atom. The maximum Gasteiger partial charge on any atom is 0.267 e. The van der Waals surface area contributed by atoms with Gasteiger partial charge in [0.05, 0.1) is 11.4 Å². The molecule has 2 aromatic rings. The van der Waals surface area contributed by atoms with E-state index in [2.05, 4.69) is 9.43 Å². The van der Waals surface area contributed by atoms with Gasteiger partial charge in [0.15, 0.2) is 0 Å². The standard InChI is InChI=1S/C10H9N5O2S/c11-8-5-6-3-1-2-4-7(6)10(9(8)12)18(16,17)15-14-13/h1-5H,11-12H2. The van der Waals surface area contributed by atoms with Crippen molar-refractivity contribution in [2.24, 2.45) is 4.52 Å². The molecule has 0 saturated heterocycles. The third-order valence-corrected chi connectivity index (χ3v) is 3.72. The first-order valence-electron chi connectivity index (χ1n) is 4.85. The Balaban J connectivity index is 3.01. The smallest absolute Gasteiger partial charge is 0.267 e. The lowest BCUT2D eigenvalue weighted by Crippen LogP contribution is -2.05. The van der Waals surface area contributed by atoms with Crippen molar-refractivity contribution in [3.63, 3.8) is 0 Å². The number of nitrogens with two attached hydrogens (primary N) is 2. The second-order valence-corrected chi connectivity index (χ2v) is 5.10. The summed E-state index contributed by atoms with van der Waals surface area (Å²) in [5.41, 5.74) is 19.7. The molecule has 4 N–H and O–H groups in total. The first-order chi connectivity index (χ1) is 8.47. The average Bonchev–Trinajstić information content (AvgIpc) is 2.30. The number of nitrogen functional groups attached to an aromatic ring is 2. The van der Waals surface area contributed by atoms with Crippen LogP contribution in [-0.2, 0) is 10.0 Å². The molecule has 0 unspecified atom stereocenters. The number of benzene rings is 2. The number of rotatable bonds is 2. The molecule has 0 amide bonds. The van der Waals surface area contributed by atoms with Crippen LogP contribution < -0.4 is 11.5 Å². The monoisotopic (exact) mass is 263 g/mol. The first-order valence-corrected chi connectivity index (χ1v) is 6.29. The summed E-state index contributed by atoms with van der Waals surface area (Å²) >= 11 is 0. The van der Waals surface area contributed by atoms with E-state index in [0.29, 0.717) is 10.8 Å². The second kappa shape index (κ2) is 4.10. The largest absolute Gasteiger partial charge is 0.397 e. The number of hydrogen-bond donors (Lipinski definition) is 2. The van der Waals surface area contributed by atoms with Crippen LogP contribution in [0.1, 0.15) is 0 Å². The second-order valence-electron chi connectivity index (χ2n) is 3.58. The van der Waals surface area contributed by atoms with Gasteiger partial charge >= 0.3 is 0 Å². The van der Waals surface area contributed by atoms with Gasteiger partial charge < -0.3 is 11.5 Å². The fraction of sp³-hybridized carbons (Fsp3) is 0. The SMILES string of the molecule is [N-]=[N+]=NS(=O)(=O)c1c(N)c(N)cc2ccccc12. The van der Waals surface area contributed by atoms with E-state index in [1.807, 2.05) is 0 Å². The lowest BCUT2D eigenvalue weighted by molar-refractivity contribution is 0.598. The van der Waals surface area contributed by atoms with Crippen molar-refractivity contribution in [1.82, 2.24) is 0 Å². The molecule has 0 atom stereocenters. The van der Waals surface area contributed by atoms with E-state index in [4.69, 9.17) is 17.0 Å². The van der Waals surface area contributed by atoms with E-state index >= 15 is 0 Å². The predicted octanol–water partition coefficient (Wildman–Crippen LogP) is 2.00. The van der Waals surface area contributed by atoms with Gasteiger partial charge in [-0.2, -0.15) is 0 Å². The zero-order valence-corrected chi connectivity index (χ0v) is 9.92. The van der Waals surface area contributed by atoms with Crippen molar-refractivity contribution in [3.8, 4) is 0 Å². The molecular formula is C10H9N5O2S. The van der Waals surface area contributed by atoms with Gasteiger partial charge in [-0.3, -0.25) is 0 Å². The van der Waals surface area contributed by atoms with Gasteiger partial charge in [-0.25, -0.2) is 8.42 Å². The summed E-state index contributed by atoms with van der Waals surface area (Å²) in [7, 11) is -4.19. The number of fused-ring (bicyclic) bond motifs is 1. The van der Waals surface area contributed by atoms with Crippen LogP contribution in [0.25, 0.3) is 21.2 Å². The van der Waals surface area contributed by atoms with Crippen LogP contribution >= 0.6 is 0 Å². The Morgan fingerprint density at radius 2 is 1.89 bits per heavy atom. The topological polar surface area (TPSA) is 135 Å². The quantitative estimate of drug-likeness (QED) is 0.370. The van der Waals surface area contributed by atoms with Crippen LogP contribution in [0.3, 0.4) is 0 Å². The number of anilines is 2. The van der Waals surface area contributed by atoms with Crippen LogP contribution in [0, 0.1) is 0 Å². The van der Waals surface area contributed by atoms with Crippen LogP contribution in [0.5, 0.6) is 0 Å². The Hall–Kier alpha value is -2.44. The van der Waals surface area contributed by atoms with Crippen molar-refractivity contribution in [2.75, 3.05) is 11.5 Å². The minimum atomic E-state index is -4.19. The third kappa shape index (κ3) is 1.79. The van der Waals surface area contributed by atoms with Crippen molar-refractivity contribution in [2.45, 2.75) is 4.90 Å². The summed E-state index contributed by atoms with van der Waals surface area (Å²) in [6.45, 7) is 0. The molecule has 0 aliphatic carbocycles. The highest BCUT2D eigenvalue weighted by Crippen LogP contribution is 2.34. The summed E-state index contributed by atoms with van der Waals surface area (Å²) < 4.78 is 26.5. The van der Waals surface area contributed by atoms with Crippen LogP contribution in [0.4, 0.5) is 11.4 Å². The van der Waals surface area contributed by atoms with Crippen molar-refractivity contribution in [3.05, 3.63) is 40.8 Å². The highest BCUT2D eigenvalue weighted by molar-refractivity contribution is 7.90. The Bertz CT molecular complexity index is 778.